The number of ether oxygens (including phenoxy) is 1. The van der Waals surface area contributed by atoms with Crippen LogP contribution in [0.15, 0.2) is 30.3 Å². The topological polar surface area (TPSA) is 122 Å². The van der Waals surface area contributed by atoms with Crippen LogP contribution in [0.1, 0.15) is 19.3 Å². The van der Waals surface area contributed by atoms with E-state index < -0.39 is 34.4 Å². The van der Waals surface area contributed by atoms with Gasteiger partial charge in [0, 0.05) is 24.8 Å². The first kappa shape index (κ1) is 21.1. The number of piperidine rings is 1. The summed E-state index contributed by atoms with van der Waals surface area (Å²) in [7, 11) is -3.08. The second kappa shape index (κ2) is 9.25. The van der Waals surface area contributed by atoms with Crippen molar-refractivity contribution in [2.24, 2.45) is 5.92 Å². The molecule has 9 nitrogen and oxygen atoms in total. The Bertz CT molecular complexity index is 850. The third-order valence-corrected chi connectivity index (χ3v) is 6.85. The van der Waals surface area contributed by atoms with Gasteiger partial charge in [0.15, 0.2) is 16.4 Å². The van der Waals surface area contributed by atoms with Crippen molar-refractivity contribution in [3.8, 4) is 0 Å². The van der Waals surface area contributed by atoms with Crippen LogP contribution in [0.3, 0.4) is 0 Å². The average molecular weight is 423 g/mol. The highest BCUT2D eigenvalue weighted by Crippen LogP contribution is 2.20. The minimum Gasteiger partial charge on any atom is -0.455 e. The number of likely N-dealkylation sites (tertiary alicyclic amines) is 1. The number of nitrogens with zero attached hydrogens (tertiary/aromatic N) is 1. The standard InChI is InChI=1S/C19H25N3O6S/c23-17(20-16-8-11-29(26,27)13-16)12-28-18(24)14-6-9-22(10-7-14)19(25)21-15-4-2-1-3-5-15/h1-5,14,16H,6-13H2,(H,20,23)(H,21,25)/t16-/m0/s1. The number of rotatable bonds is 5. The molecular weight excluding hydrogens is 398 g/mol. The fourth-order valence-corrected chi connectivity index (χ4v) is 5.15. The van der Waals surface area contributed by atoms with E-state index in [1.807, 2.05) is 18.2 Å². The highest BCUT2D eigenvalue weighted by Gasteiger charge is 2.31. The molecule has 2 heterocycles. The van der Waals surface area contributed by atoms with Crippen LogP contribution in [-0.2, 0) is 24.2 Å². The van der Waals surface area contributed by atoms with E-state index in [2.05, 4.69) is 10.6 Å². The predicted octanol–water partition coefficient (Wildman–Crippen LogP) is 0.777. The monoisotopic (exact) mass is 423 g/mol. The molecule has 29 heavy (non-hydrogen) atoms. The molecule has 158 valence electrons. The molecule has 1 atom stereocenters. The number of para-hydroxylation sites is 1. The van der Waals surface area contributed by atoms with Gasteiger partial charge in [-0.25, -0.2) is 13.2 Å². The Morgan fingerprint density at radius 3 is 2.38 bits per heavy atom. The molecule has 3 rings (SSSR count). The Balaban J connectivity index is 1.36. The number of sulfone groups is 1. The molecule has 0 unspecified atom stereocenters. The van der Waals surface area contributed by atoms with Crippen molar-refractivity contribution in [2.75, 3.05) is 36.5 Å². The summed E-state index contributed by atoms with van der Waals surface area (Å²) in [5.41, 5.74) is 0.708. The molecule has 0 spiro atoms. The maximum atomic E-state index is 12.3. The molecule has 1 aromatic rings. The molecule has 0 radical (unpaired) electrons. The van der Waals surface area contributed by atoms with Gasteiger partial charge in [-0.05, 0) is 31.4 Å². The molecule has 0 aliphatic carbocycles. The average Bonchev–Trinajstić information content (AvgIpc) is 3.05. The maximum absolute atomic E-state index is 12.3. The first-order chi connectivity index (χ1) is 13.8. The lowest BCUT2D eigenvalue weighted by molar-refractivity contribution is -0.154. The first-order valence-electron chi connectivity index (χ1n) is 9.60. The van der Waals surface area contributed by atoms with Gasteiger partial charge >= 0.3 is 12.0 Å². The number of hydrogen-bond donors (Lipinski definition) is 2. The van der Waals surface area contributed by atoms with E-state index in [4.69, 9.17) is 4.74 Å². The maximum Gasteiger partial charge on any atom is 0.321 e. The Labute approximate surface area is 169 Å². The molecule has 2 saturated heterocycles. The molecule has 3 amide bonds. The Morgan fingerprint density at radius 1 is 1.07 bits per heavy atom. The zero-order chi connectivity index (χ0) is 20.9. The minimum atomic E-state index is -3.08. The number of nitrogens with one attached hydrogen (secondary N) is 2. The van der Waals surface area contributed by atoms with Gasteiger partial charge in [-0.3, -0.25) is 9.59 Å². The van der Waals surface area contributed by atoms with Gasteiger partial charge in [-0.2, -0.15) is 0 Å². The van der Waals surface area contributed by atoms with Crippen LogP contribution in [0.25, 0.3) is 0 Å². The summed E-state index contributed by atoms with van der Waals surface area (Å²) in [5.74, 6) is -1.34. The molecular formula is C19H25N3O6S. The summed E-state index contributed by atoms with van der Waals surface area (Å²) in [6.45, 7) is 0.416. The summed E-state index contributed by atoms with van der Waals surface area (Å²) in [5, 5.41) is 5.39. The van der Waals surface area contributed by atoms with Crippen LogP contribution in [-0.4, -0.2) is 68.5 Å². The van der Waals surface area contributed by atoms with Crippen molar-refractivity contribution in [1.29, 1.82) is 0 Å². The summed E-state index contributed by atoms with van der Waals surface area (Å²) in [6, 6.07) is 8.50. The number of benzene rings is 1. The van der Waals surface area contributed by atoms with Crippen molar-refractivity contribution in [2.45, 2.75) is 25.3 Å². The predicted molar refractivity (Wildman–Crippen MR) is 106 cm³/mol. The van der Waals surface area contributed by atoms with Gasteiger partial charge in [0.2, 0.25) is 0 Å². The molecule has 1 aromatic carbocycles. The normalized spacial score (nSPS) is 21.4. The molecule has 2 aliphatic heterocycles. The van der Waals surface area contributed by atoms with E-state index in [9.17, 15) is 22.8 Å². The van der Waals surface area contributed by atoms with Gasteiger partial charge in [-0.1, -0.05) is 18.2 Å². The van der Waals surface area contributed by atoms with E-state index in [1.54, 1.807) is 17.0 Å². The summed E-state index contributed by atoms with van der Waals surface area (Å²) >= 11 is 0. The lowest BCUT2D eigenvalue weighted by Crippen LogP contribution is -2.43. The highest BCUT2D eigenvalue weighted by atomic mass is 32.2. The molecule has 2 N–H and O–H groups in total. The molecule has 0 bridgehead atoms. The van der Waals surface area contributed by atoms with Gasteiger partial charge in [0.25, 0.3) is 5.91 Å². The number of amides is 3. The summed E-state index contributed by atoms with van der Waals surface area (Å²) in [6.07, 6.45) is 1.30. The first-order valence-corrected chi connectivity index (χ1v) is 11.4. The third kappa shape index (κ3) is 6.18. The number of urea groups is 1. The smallest absolute Gasteiger partial charge is 0.321 e. The second-order valence-electron chi connectivity index (χ2n) is 7.33. The highest BCUT2D eigenvalue weighted by molar-refractivity contribution is 7.91. The van der Waals surface area contributed by atoms with Crippen LogP contribution >= 0.6 is 0 Å². The van der Waals surface area contributed by atoms with Crippen molar-refractivity contribution < 1.29 is 27.5 Å². The Hall–Kier alpha value is -2.62. The van der Waals surface area contributed by atoms with Crippen LogP contribution < -0.4 is 10.6 Å². The van der Waals surface area contributed by atoms with E-state index in [0.717, 1.165) is 0 Å². The lowest BCUT2D eigenvalue weighted by Gasteiger charge is -2.30. The second-order valence-corrected chi connectivity index (χ2v) is 9.56. The van der Waals surface area contributed by atoms with Gasteiger partial charge in [-0.15, -0.1) is 0 Å². The number of hydrogen-bond acceptors (Lipinski definition) is 6. The minimum absolute atomic E-state index is 0.0636. The van der Waals surface area contributed by atoms with Gasteiger partial charge < -0.3 is 20.3 Å². The van der Waals surface area contributed by atoms with Crippen LogP contribution in [0, 0.1) is 5.92 Å². The van der Waals surface area contributed by atoms with Crippen molar-refractivity contribution >= 4 is 33.4 Å². The Morgan fingerprint density at radius 2 is 1.76 bits per heavy atom. The number of esters is 1. The van der Waals surface area contributed by atoms with E-state index in [-0.39, 0.29) is 23.5 Å². The van der Waals surface area contributed by atoms with Crippen LogP contribution in [0.5, 0.6) is 0 Å². The Kier molecular flexibility index (Phi) is 6.73. The van der Waals surface area contributed by atoms with Gasteiger partial charge in [0.05, 0.1) is 17.4 Å². The van der Waals surface area contributed by atoms with Crippen LogP contribution in [0.2, 0.25) is 0 Å². The summed E-state index contributed by atoms with van der Waals surface area (Å²) in [4.78, 5) is 38.0. The fourth-order valence-electron chi connectivity index (χ4n) is 3.48. The van der Waals surface area contributed by atoms with Gasteiger partial charge in [0.1, 0.15) is 0 Å². The summed E-state index contributed by atoms with van der Waals surface area (Å²) < 4.78 is 27.9. The third-order valence-electron chi connectivity index (χ3n) is 5.08. The zero-order valence-electron chi connectivity index (χ0n) is 16.0. The van der Waals surface area contributed by atoms with Crippen molar-refractivity contribution in [3.63, 3.8) is 0 Å². The number of carbonyl (C=O) groups is 3. The van der Waals surface area contributed by atoms with E-state index in [1.165, 1.54) is 0 Å². The number of anilines is 1. The van der Waals surface area contributed by atoms with E-state index >= 15 is 0 Å². The van der Waals surface area contributed by atoms with Crippen molar-refractivity contribution in [1.82, 2.24) is 10.2 Å². The molecule has 0 saturated carbocycles. The molecule has 2 fully saturated rings. The van der Waals surface area contributed by atoms with Crippen LogP contribution in [0.4, 0.5) is 10.5 Å². The quantitative estimate of drug-likeness (QED) is 0.675. The SMILES string of the molecule is O=C(COC(=O)C1CCN(C(=O)Nc2ccccc2)CC1)N[C@H]1CCS(=O)(=O)C1. The molecule has 10 heteroatoms. The number of carbonyl (C=O) groups excluding carboxylic acids is 3. The molecule has 0 aromatic heterocycles. The van der Waals surface area contributed by atoms with E-state index in [0.29, 0.717) is 38.0 Å². The lowest BCUT2D eigenvalue weighted by atomic mass is 9.97. The zero-order valence-corrected chi connectivity index (χ0v) is 16.8. The largest absolute Gasteiger partial charge is 0.455 e. The fraction of sp³-hybridized carbons (Fsp3) is 0.526. The van der Waals surface area contributed by atoms with Crippen molar-refractivity contribution in [3.05, 3.63) is 30.3 Å². The molecule has 2 aliphatic rings.